The Labute approximate surface area is 148 Å². The average molecular weight is 344 g/mol. The van der Waals surface area contributed by atoms with E-state index in [0.29, 0.717) is 5.02 Å². The molecule has 0 aromatic heterocycles. The molecule has 1 N–H and O–H groups in total. The number of piperazine rings is 1. The minimum Gasteiger partial charge on any atom is -0.369 e. The van der Waals surface area contributed by atoms with Crippen LogP contribution in [0.25, 0.3) is 0 Å². The fourth-order valence-electron chi connectivity index (χ4n) is 2.84. The molecule has 4 nitrogen and oxygen atoms in total. The number of rotatable bonds is 4. The number of hydrogen-bond donors (Lipinski definition) is 1. The maximum absolute atomic E-state index is 12.2. The number of amides is 1. The van der Waals surface area contributed by atoms with Gasteiger partial charge in [-0.05, 0) is 42.9 Å². The van der Waals surface area contributed by atoms with Crippen LogP contribution in [0.4, 0.5) is 11.4 Å². The lowest BCUT2D eigenvalue weighted by Gasteiger charge is -2.34. The van der Waals surface area contributed by atoms with E-state index in [0.717, 1.165) is 37.4 Å². The van der Waals surface area contributed by atoms with Crippen LogP contribution < -0.4 is 10.2 Å². The van der Waals surface area contributed by atoms with E-state index in [9.17, 15) is 4.79 Å². The topological polar surface area (TPSA) is 35.6 Å². The largest absolute Gasteiger partial charge is 0.369 e. The van der Waals surface area contributed by atoms with Gasteiger partial charge in [-0.3, -0.25) is 4.79 Å². The summed E-state index contributed by atoms with van der Waals surface area (Å²) in [5.41, 5.74) is 2.85. The quantitative estimate of drug-likeness (QED) is 0.925. The SMILES string of the molecule is CN1CCN(c2ccc(NC(=O)Cc3ccccc3Cl)cc2)CC1. The van der Waals surface area contributed by atoms with Crippen LogP contribution >= 0.6 is 11.6 Å². The first-order valence-electron chi connectivity index (χ1n) is 8.18. The molecule has 3 rings (SSSR count). The highest BCUT2D eigenvalue weighted by Crippen LogP contribution is 2.20. The Morgan fingerprint density at radius 2 is 1.71 bits per heavy atom. The van der Waals surface area contributed by atoms with Gasteiger partial charge in [-0.25, -0.2) is 0 Å². The van der Waals surface area contributed by atoms with E-state index in [1.54, 1.807) is 6.07 Å². The van der Waals surface area contributed by atoms with Crippen LogP contribution in [0.5, 0.6) is 0 Å². The van der Waals surface area contributed by atoms with Crippen molar-refractivity contribution in [2.24, 2.45) is 0 Å². The van der Waals surface area contributed by atoms with E-state index in [2.05, 4.69) is 34.3 Å². The molecule has 24 heavy (non-hydrogen) atoms. The van der Waals surface area contributed by atoms with Gasteiger partial charge in [-0.2, -0.15) is 0 Å². The third kappa shape index (κ3) is 4.28. The lowest BCUT2D eigenvalue weighted by Crippen LogP contribution is -2.44. The highest BCUT2D eigenvalue weighted by Gasteiger charge is 2.14. The number of nitrogens with zero attached hydrogens (tertiary/aromatic N) is 2. The molecule has 126 valence electrons. The molecule has 1 aliphatic heterocycles. The predicted octanol–water partition coefficient (Wildman–Crippen LogP) is 3.27. The Balaban J connectivity index is 1.58. The first-order valence-corrected chi connectivity index (χ1v) is 8.56. The second-order valence-electron chi connectivity index (χ2n) is 6.15. The molecule has 1 amide bonds. The number of hydrogen-bond acceptors (Lipinski definition) is 3. The first kappa shape index (κ1) is 16.8. The first-order chi connectivity index (χ1) is 11.6. The molecule has 0 saturated carbocycles. The summed E-state index contributed by atoms with van der Waals surface area (Å²) < 4.78 is 0. The van der Waals surface area contributed by atoms with Gasteiger partial charge in [0.25, 0.3) is 0 Å². The van der Waals surface area contributed by atoms with Gasteiger partial charge in [0.1, 0.15) is 0 Å². The molecule has 2 aromatic carbocycles. The second kappa shape index (κ2) is 7.69. The van der Waals surface area contributed by atoms with E-state index >= 15 is 0 Å². The Bertz CT molecular complexity index is 694. The number of anilines is 2. The third-order valence-corrected chi connectivity index (χ3v) is 4.70. The van der Waals surface area contributed by atoms with Crippen LogP contribution in [-0.2, 0) is 11.2 Å². The van der Waals surface area contributed by atoms with Gasteiger partial charge in [0.15, 0.2) is 0 Å². The summed E-state index contributed by atoms with van der Waals surface area (Å²) in [6.07, 6.45) is 0.278. The number of benzene rings is 2. The molecule has 1 aliphatic rings. The van der Waals surface area contributed by atoms with Gasteiger partial charge in [0, 0.05) is 42.6 Å². The summed E-state index contributed by atoms with van der Waals surface area (Å²) in [4.78, 5) is 16.9. The zero-order valence-electron chi connectivity index (χ0n) is 13.8. The predicted molar refractivity (Wildman–Crippen MR) is 99.9 cm³/mol. The molecule has 5 heteroatoms. The molecular formula is C19H22ClN3O. The van der Waals surface area contributed by atoms with Gasteiger partial charge in [0.2, 0.25) is 5.91 Å². The highest BCUT2D eigenvalue weighted by molar-refractivity contribution is 6.31. The zero-order chi connectivity index (χ0) is 16.9. The standard InChI is InChI=1S/C19H22ClN3O/c1-22-10-12-23(13-11-22)17-8-6-16(7-9-17)21-19(24)14-15-4-2-3-5-18(15)20/h2-9H,10-14H2,1H3,(H,21,24). The molecule has 1 fully saturated rings. The van der Waals surface area contributed by atoms with Gasteiger partial charge < -0.3 is 15.1 Å². The lowest BCUT2D eigenvalue weighted by molar-refractivity contribution is -0.115. The van der Waals surface area contributed by atoms with Gasteiger partial charge in [-0.15, -0.1) is 0 Å². The Hall–Kier alpha value is -2.04. The number of carbonyl (C=O) groups excluding carboxylic acids is 1. The highest BCUT2D eigenvalue weighted by atomic mass is 35.5. The maximum atomic E-state index is 12.2. The molecule has 0 atom stereocenters. The van der Waals surface area contributed by atoms with Crippen LogP contribution in [0, 0.1) is 0 Å². The van der Waals surface area contributed by atoms with Crippen LogP contribution in [0.3, 0.4) is 0 Å². The third-order valence-electron chi connectivity index (χ3n) is 4.33. The van der Waals surface area contributed by atoms with Gasteiger partial charge >= 0.3 is 0 Å². The minimum absolute atomic E-state index is 0.0598. The summed E-state index contributed by atoms with van der Waals surface area (Å²) in [5, 5.41) is 3.55. The number of likely N-dealkylation sites (N-methyl/N-ethyl adjacent to an activating group) is 1. The smallest absolute Gasteiger partial charge is 0.228 e. The Morgan fingerprint density at radius 1 is 1.04 bits per heavy atom. The summed E-state index contributed by atoms with van der Waals surface area (Å²) in [6.45, 7) is 4.23. The van der Waals surface area contributed by atoms with E-state index in [-0.39, 0.29) is 12.3 Å². The fourth-order valence-corrected chi connectivity index (χ4v) is 3.04. The van der Waals surface area contributed by atoms with E-state index < -0.39 is 0 Å². The summed E-state index contributed by atoms with van der Waals surface area (Å²) in [6, 6.07) is 15.5. The fraction of sp³-hybridized carbons (Fsp3) is 0.316. The molecule has 0 aliphatic carbocycles. The molecule has 0 radical (unpaired) electrons. The molecule has 2 aromatic rings. The van der Waals surface area contributed by atoms with Crippen LogP contribution in [0.2, 0.25) is 5.02 Å². The van der Waals surface area contributed by atoms with E-state index in [1.807, 2.05) is 30.3 Å². The molecular weight excluding hydrogens is 322 g/mol. The molecule has 0 unspecified atom stereocenters. The van der Waals surface area contributed by atoms with Crippen molar-refractivity contribution in [3.05, 3.63) is 59.1 Å². The van der Waals surface area contributed by atoms with E-state index in [4.69, 9.17) is 11.6 Å². The van der Waals surface area contributed by atoms with E-state index in [1.165, 1.54) is 5.69 Å². The second-order valence-corrected chi connectivity index (χ2v) is 6.56. The van der Waals surface area contributed by atoms with Crippen molar-refractivity contribution in [1.29, 1.82) is 0 Å². The molecule has 1 saturated heterocycles. The number of nitrogens with one attached hydrogen (secondary N) is 1. The molecule has 1 heterocycles. The van der Waals surface area contributed by atoms with Crippen LogP contribution in [-0.4, -0.2) is 44.0 Å². The average Bonchev–Trinajstić information content (AvgIpc) is 2.58. The molecule has 0 spiro atoms. The lowest BCUT2D eigenvalue weighted by atomic mass is 10.1. The van der Waals surface area contributed by atoms with Crippen LogP contribution in [0.15, 0.2) is 48.5 Å². The van der Waals surface area contributed by atoms with Crippen molar-refractivity contribution in [2.45, 2.75) is 6.42 Å². The van der Waals surface area contributed by atoms with Crippen molar-refractivity contribution in [3.63, 3.8) is 0 Å². The maximum Gasteiger partial charge on any atom is 0.228 e. The normalized spacial score (nSPS) is 15.3. The number of carbonyl (C=O) groups is 1. The summed E-state index contributed by atoms with van der Waals surface area (Å²) >= 11 is 6.10. The van der Waals surface area contributed by atoms with Crippen molar-refractivity contribution in [3.8, 4) is 0 Å². The van der Waals surface area contributed by atoms with Crippen molar-refractivity contribution < 1.29 is 4.79 Å². The van der Waals surface area contributed by atoms with Gasteiger partial charge in [0.05, 0.1) is 6.42 Å². The molecule has 0 bridgehead atoms. The van der Waals surface area contributed by atoms with Crippen molar-refractivity contribution >= 4 is 28.9 Å². The summed E-state index contributed by atoms with van der Waals surface area (Å²) in [7, 11) is 2.15. The monoisotopic (exact) mass is 343 g/mol. The number of halogens is 1. The van der Waals surface area contributed by atoms with Crippen molar-refractivity contribution in [2.75, 3.05) is 43.4 Å². The zero-order valence-corrected chi connectivity index (χ0v) is 14.6. The minimum atomic E-state index is -0.0598. The van der Waals surface area contributed by atoms with Crippen molar-refractivity contribution in [1.82, 2.24) is 4.90 Å². The summed E-state index contributed by atoms with van der Waals surface area (Å²) in [5.74, 6) is -0.0598. The Morgan fingerprint density at radius 3 is 2.38 bits per heavy atom. The Kier molecular flexibility index (Phi) is 5.38. The van der Waals surface area contributed by atoms with Crippen LogP contribution in [0.1, 0.15) is 5.56 Å². The van der Waals surface area contributed by atoms with Gasteiger partial charge in [-0.1, -0.05) is 29.8 Å².